The number of nitrogens with zero attached hydrogens (tertiary/aromatic N) is 1. The molecule has 10 heteroatoms. The van der Waals surface area contributed by atoms with Crippen LogP contribution in [0.15, 0.2) is 70.4 Å². The lowest BCUT2D eigenvalue weighted by Gasteiger charge is -2.17. The van der Waals surface area contributed by atoms with E-state index >= 15 is 0 Å². The van der Waals surface area contributed by atoms with Gasteiger partial charge in [-0.05, 0) is 57.1 Å². The summed E-state index contributed by atoms with van der Waals surface area (Å²) in [7, 11) is 0. The monoisotopic (exact) mass is 626 g/mol. The molecule has 1 aliphatic heterocycles. The van der Waals surface area contributed by atoms with E-state index in [4.69, 9.17) is 18.9 Å². The summed E-state index contributed by atoms with van der Waals surface area (Å²) in [6.45, 7) is 2.93. The van der Waals surface area contributed by atoms with Crippen molar-refractivity contribution in [3.8, 4) is 0 Å². The standard InChI is InChI=1S/C36H38N2O8/c1-22(39)44-21-31-30(45-23(2)40)18-32(46-31)38-19-28(35(41)37-36(38)42)20-43-17-6-4-3-5-8-24-11-12-27-14-13-25-9-7-10-26-15-16-29(24)34(27)33(25)26/h7,9-16,19,30-32H,3-6,8,17-18,20-21H2,1-2H3,(H,37,41,42)/t30-,31+,32?/m0/s1. The summed E-state index contributed by atoms with van der Waals surface area (Å²) in [6.07, 6.45) is 4.29. The average Bonchev–Trinajstić information content (AvgIpc) is 3.42. The lowest BCUT2D eigenvalue weighted by molar-refractivity contribution is -0.155. The Kier molecular flexibility index (Phi) is 9.46. The molecule has 6 rings (SSSR count). The fourth-order valence-electron chi connectivity index (χ4n) is 6.47. The van der Waals surface area contributed by atoms with Crippen LogP contribution < -0.4 is 11.2 Å². The van der Waals surface area contributed by atoms with Crippen LogP contribution in [0.2, 0.25) is 0 Å². The highest BCUT2D eigenvalue weighted by atomic mass is 16.6. The van der Waals surface area contributed by atoms with Gasteiger partial charge in [0.25, 0.3) is 5.56 Å². The van der Waals surface area contributed by atoms with Gasteiger partial charge in [0.2, 0.25) is 0 Å². The molecule has 4 aromatic carbocycles. The number of carbonyl (C=O) groups is 2. The quantitative estimate of drug-likeness (QED) is 0.103. The first kappa shape index (κ1) is 31.4. The Hall–Kier alpha value is -4.54. The van der Waals surface area contributed by atoms with Gasteiger partial charge in [-0.1, -0.05) is 67.4 Å². The number of aromatic nitrogens is 2. The van der Waals surface area contributed by atoms with Gasteiger partial charge in [-0.2, -0.15) is 0 Å². The van der Waals surface area contributed by atoms with Crippen LogP contribution in [0.4, 0.5) is 0 Å². The maximum Gasteiger partial charge on any atom is 0.330 e. The lowest BCUT2D eigenvalue weighted by Crippen LogP contribution is -2.34. The van der Waals surface area contributed by atoms with Gasteiger partial charge in [0, 0.05) is 33.1 Å². The third-order valence-electron chi connectivity index (χ3n) is 8.66. The first-order valence-corrected chi connectivity index (χ1v) is 15.8. The van der Waals surface area contributed by atoms with Gasteiger partial charge in [-0.25, -0.2) is 4.79 Å². The van der Waals surface area contributed by atoms with Crippen molar-refractivity contribution in [3.63, 3.8) is 0 Å². The number of unbranched alkanes of at least 4 members (excludes halogenated alkanes) is 3. The summed E-state index contributed by atoms with van der Waals surface area (Å²) in [4.78, 5) is 50.3. The molecule has 1 fully saturated rings. The third kappa shape index (κ3) is 6.83. The first-order chi connectivity index (χ1) is 22.3. The van der Waals surface area contributed by atoms with E-state index in [-0.39, 0.29) is 25.2 Å². The van der Waals surface area contributed by atoms with E-state index < -0.39 is 41.6 Å². The molecule has 10 nitrogen and oxygen atoms in total. The molecular weight excluding hydrogens is 588 g/mol. The van der Waals surface area contributed by atoms with E-state index in [9.17, 15) is 19.2 Å². The predicted molar refractivity (Wildman–Crippen MR) is 174 cm³/mol. The van der Waals surface area contributed by atoms with Crippen LogP contribution in [-0.4, -0.2) is 46.9 Å². The average molecular weight is 627 g/mol. The zero-order valence-corrected chi connectivity index (χ0v) is 26.1. The Morgan fingerprint density at radius 3 is 2.35 bits per heavy atom. The Balaban J connectivity index is 0.991. The van der Waals surface area contributed by atoms with Gasteiger partial charge < -0.3 is 18.9 Å². The molecule has 1 aromatic heterocycles. The Bertz CT molecular complexity index is 1960. The normalized spacial score (nSPS) is 18.1. The van der Waals surface area contributed by atoms with Crippen LogP contribution in [0, 0.1) is 0 Å². The van der Waals surface area contributed by atoms with E-state index in [0.717, 1.165) is 32.1 Å². The largest absolute Gasteiger partial charge is 0.463 e. The number of aryl methyl sites for hydroxylation is 1. The van der Waals surface area contributed by atoms with Crippen molar-refractivity contribution < 1.29 is 28.5 Å². The number of nitrogens with one attached hydrogen (secondary N) is 1. The Morgan fingerprint density at radius 2 is 1.59 bits per heavy atom. The number of hydrogen-bond acceptors (Lipinski definition) is 8. The number of ether oxygens (including phenoxy) is 4. The fraction of sp³-hybridized carbons (Fsp3) is 0.389. The van der Waals surface area contributed by atoms with Crippen molar-refractivity contribution in [1.82, 2.24) is 9.55 Å². The number of hydrogen-bond donors (Lipinski definition) is 1. The smallest absolute Gasteiger partial charge is 0.330 e. The van der Waals surface area contributed by atoms with E-state index in [2.05, 4.69) is 59.6 Å². The molecule has 0 aliphatic carbocycles. The van der Waals surface area contributed by atoms with Crippen molar-refractivity contribution in [2.45, 2.75) is 77.4 Å². The van der Waals surface area contributed by atoms with Gasteiger partial charge >= 0.3 is 17.6 Å². The predicted octanol–water partition coefficient (Wildman–Crippen LogP) is 5.54. The fourth-order valence-corrected chi connectivity index (χ4v) is 6.47. The molecule has 1 unspecified atom stereocenters. The summed E-state index contributed by atoms with van der Waals surface area (Å²) >= 11 is 0. The molecule has 46 heavy (non-hydrogen) atoms. The second kappa shape index (κ2) is 13.8. The van der Waals surface area contributed by atoms with Gasteiger partial charge in [0.1, 0.15) is 25.0 Å². The number of esters is 2. The van der Waals surface area contributed by atoms with Gasteiger partial charge in [-0.3, -0.25) is 23.9 Å². The van der Waals surface area contributed by atoms with Crippen LogP contribution in [-0.2, 0) is 41.6 Å². The van der Waals surface area contributed by atoms with E-state index in [1.165, 1.54) is 62.5 Å². The van der Waals surface area contributed by atoms with Crippen LogP contribution >= 0.6 is 0 Å². The van der Waals surface area contributed by atoms with Gasteiger partial charge in [0.05, 0.1) is 12.2 Å². The molecule has 1 aliphatic rings. The van der Waals surface area contributed by atoms with Crippen LogP contribution in [0.1, 0.15) is 63.3 Å². The highest BCUT2D eigenvalue weighted by Gasteiger charge is 2.39. The summed E-state index contributed by atoms with van der Waals surface area (Å²) in [5, 5.41) is 7.86. The molecule has 2 heterocycles. The molecule has 0 radical (unpaired) electrons. The summed E-state index contributed by atoms with van der Waals surface area (Å²) in [6, 6.07) is 19.9. The minimum absolute atomic E-state index is 0.0370. The second-order valence-corrected chi connectivity index (χ2v) is 11.9. The molecule has 1 saturated heterocycles. The zero-order chi connectivity index (χ0) is 32.2. The number of aromatic amines is 1. The Labute approximate surface area is 265 Å². The first-order valence-electron chi connectivity index (χ1n) is 15.8. The van der Waals surface area contributed by atoms with Crippen molar-refractivity contribution in [2.24, 2.45) is 0 Å². The molecule has 3 atom stereocenters. The maximum atomic E-state index is 12.6. The van der Waals surface area contributed by atoms with Crippen molar-refractivity contribution in [2.75, 3.05) is 13.2 Å². The second-order valence-electron chi connectivity index (χ2n) is 11.9. The van der Waals surface area contributed by atoms with Crippen LogP contribution in [0.25, 0.3) is 32.3 Å². The minimum atomic E-state index is -0.818. The molecule has 0 spiro atoms. The van der Waals surface area contributed by atoms with Crippen LogP contribution in [0.3, 0.4) is 0 Å². The third-order valence-corrected chi connectivity index (χ3v) is 8.66. The van der Waals surface area contributed by atoms with Gasteiger partial charge in [0.15, 0.2) is 0 Å². The topological polar surface area (TPSA) is 126 Å². The molecule has 1 N–H and O–H groups in total. The van der Waals surface area contributed by atoms with E-state index in [1.807, 2.05) is 0 Å². The van der Waals surface area contributed by atoms with Gasteiger partial charge in [-0.15, -0.1) is 0 Å². The highest BCUT2D eigenvalue weighted by molar-refractivity contribution is 6.23. The molecule has 0 saturated carbocycles. The molecule has 5 aromatic rings. The summed E-state index contributed by atoms with van der Waals surface area (Å²) < 4.78 is 23.3. The Morgan fingerprint density at radius 1 is 0.870 bits per heavy atom. The van der Waals surface area contributed by atoms with Crippen LogP contribution in [0.5, 0.6) is 0 Å². The number of carbonyl (C=O) groups excluding carboxylic acids is 2. The number of H-pyrrole nitrogens is 1. The SMILES string of the molecule is CC(=O)OC[C@H]1OC(n2cc(COCCCCCCc3ccc4ccc5cccc6ccc3c4c56)c(=O)[nH]c2=O)C[C@@H]1OC(C)=O. The highest BCUT2D eigenvalue weighted by Crippen LogP contribution is 2.36. The molecule has 0 amide bonds. The molecule has 0 bridgehead atoms. The zero-order valence-electron chi connectivity index (χ0n) is 26.1. The van der Waals surface area contributed by atoms with Crippen molar-refractivity contribution in [1.29, 1.82) is 0 Å². The van der Waals surface area contributed by atoms with E-state index in [0.29, 0.717) is 6.61 Å². The number of rotatable bonds is 13. The summed E-state index contributed by atoms with van der Waals surface area (Å²) in [5.41, 5.74) is 0.475. The molecule has 240 valence electrons. The summed E-state index contributed by atoms with van der Waals surface area (Å²) in [5.74, 6) is -1.02. The maximum absolute atomic E-state index is 12.6. The minimum Gasteiger partial charge on any atom is -0.463 e. The molecular formula is C36H38N2O8. The van der Waals surface area contributed by atoms with Crippen molar-refractivity contribution in [3.05, 3.63) is 92.8 Å². The lowest BCUT2D eigenvalue weighted by atomic mass is 9.90. The van der Waals surface area contributed by atoms with Crippen molar-refractivity contribution >= 4 is 44.3 Å². The van der Waals surface area contributed by atoms with E-state index in [1.54, 1.807) is 0 Å². The number of benzene rings is 4.